The number of hydrogen-bond acceptors (Lipinski definition) is 4. The van der Waals surface area contributed by atoms with E-state index < -0.39 is 11.2 Å². The van der Waals surface area contributed by atoms with Gasteiger partial charge in [-0.2, -0.15) is 0 Å². The summed E-state index contributed by atoms with van der Waals surface area (Å²) in [6.45, 7) is 0.107. The second-order valence-electron chi connectivity index (χ2n) is 4.35. The van der Waals surface area contributed by atoms with Gasteiger partial charge in [0.2, 0.25) is 5.91 Å². The lowest BCUT2D eigenvalue weighted by molar-refractivity contribution is -0.116. The molecule has 0 saturated heterocycles. The number of aromatic nitrogens is 2. The zero-order chi connectivity index (χ0) is 15.4. The van der Waals surface area contributed by atoms with Crippen molar-refractivity contribution in [3.05, 3.63) is 56.3 Å². The summed E-state index contributed by atoms with van der Waals surface area (Å²) in [5, 5.41) is 2.57. The quantitative estimate of drug-likeness (QED) is 0.726. The number of aryl methyl sites for hydroxylation is 1. The van der Waals surface area contributed by atoms with E-state index in [0.29, 0.717) is 11.4 Å². The summed E-state index contributed by atoms with van der Waals surface area (Å²) in [4.78, 5) is 36.4. The fraction of sp³-hybridized carbons (Fsp3) is 0.154. The second-order valence-corrected chi connectivity index (χ2v) is 4.76. The molecule has 0 aliphatic carbocycles. The number of carbonyl (C=O) groups is 1. The van der Waals surface area contributed by atoms with Crippen LogP contribution >= 0.6 is 11.6 Å². The molecule has 8 heteroatoms. The summed E-state index contributed by atoms with van der Waals surface area (Å²) in [5.74, 6) is -0.269. The number of amides is 1. The number of carbonyl (C=O) groups excluding carboxylic acids is 1. The van der Waals surface area contributed by atoms with Crippen LogP contribution in [0.25, 0.3) is 0 Å². The summed E-state index contributed by atoms with van der Waals surface area (Å²) in [7, 11) is 0. The van der Waals surface area contributed by atoms with Crippen molar-refractivity contribution in [1.82, 2.24) is 9.55 Å². The fourth-order valence-corrected chi connectivity index (χ4v) is 1.83. The van der Waals surface area contributed by atoms with Crippen molar-refractivity contribution in [2.75, 3.05) is 11.1 Å². The van der Waals surface area contributed by atoms with Crippen LogP contribution in [0.4, 0.5) is 11.4 Å². The molecule has 2 rings (SSSR count). The molecule has 0 saturated carbocycles. The molecule has 1 heterocycles. The van der Waals surface area contributed by atoms with Gasteiger partial charge in [0.15, 0.2) is 0 Å². The van der Waals surface area contributed by atoms with Crippen LogP contribution in [0, 0.1) is 0 Å². The smallest absolute Gasteiger partial charge is 0.328 e. The molecule has 0 aliphatic rings. The topological polar surface area (TPSA) is 110 Å². The third-order valence-electron chi connectivity index (χ3n) is 2.74. The molecule has 4 N–H and O–H groups in total. The van der Waals surface area contributed by atoms with Crippen molar-refractivity contribution >= 4 is 28.9 Å². The van der Waals surface area contributed by atoms with E-state index in [4.69, 9.17) is 17.3 Å². The van der Waals surface area contributed by atoms with Gasteiger partial charge in [0.25, 0.3) is 5.56 Å². The Labute approximate surface area is 124 Å². The first-order chi connectivity index (χ1) is 9.95. The molecule has 7 nitrogen and oxygen atoms in total. The number of H-pyrrole nitrogens is 1. The third-order valence-corrected chi connectivity index (χ3v) is 3.01. The van der Waals surface area contributed by atoms with Crippen molar-refractivity contribution in [3.63, 3.8) is 0 Å². The Balaban J connectivity index is 1.98. The molecular weight excluding hydrogens is 296 g/mol. The first-order valence-electron chi connectivity index (χ1n) is 6.10. The lowest BCUT2D eigenvalue weighted by Gasteiger charge is -2.07. The predicted octanol–water partition coefficient (Wildman–Crippen LogP) is 0.801. The molecule has 0 fully saturated rings. The number of hydrogen-bond donors (Lipinski definition) is 3. The zero-order valence-electron chi connectivity index (χ0n) is 10.9. The van der Waals surface area contributed by atoms with E-state index in [1.807, 2.05) is 0 Å². The maximum atomic E-state index is 11.8. The van der Waals surface area contributed by atoms with Gasteiger partial charge in [-0.25, -0.2) is 4.79 Å². The Bertz CT molecular complexity index is 764. The van der Waals surface area contributed by atoms with Gasteiger partial charge in [-0.1, -0.05) is 11.6 Å². The predicted molar refractivity (Wildman–Crippen MR) is 80.4 cm³/mol. The minimum atomic E-state index is -0.649. The molecule has 1 aromatic carbocycles. The molecular formula is C13H13ClN4O3. The standard InChI is InChI=1S/C13H13ClN4O3/c14-10-7-18(13(21)17-12(10)20)6-5-11(19)16-9-3-1-8(15)2-4-9/h1-4,7H,5-6,15H2,(H,16,19)(H,17,20,21). The SMILES string of the molecule is Nc1ccc(NC(=O)CCn2cc(Cl)c(=O)[nH]c2=O)cc1. The maximum Gasteiger partial charge on any atom is 0.328 e. The zero-order valence-corrected chi connectivity index (χ0v) is 11.7. The highest BCUT2D eigenvalue weighted by Gasteiger charge is 2.06. The Hall–Kier alpha value is -2.54. The van der Waals surface area contributed by atoms with E-state index in [9.17, 15) is 14.4 Å². The average Bonchev–Trinajstić information content (AvgIpc) is 2.44. The largest absolute Gasteiger partial charge is 0.399 e. The fourth-order valence-electron chi connectivity index (χ4n) is 1.66. The van der Waals surface area contributed by atoms with E-state index in [2.05, 4.69) is 10.3 Å². The molecule has 0 radical (unpaired) electrons. The van der Waals surface area contributed by atoms with E-state index >= 15 is 0 Å². The molecule has 0 spiro atoms. The normalized spacial score (nSPS) is 10.3. The molecule has 0 unspecified atom stereocenters. The van der Waals surface area contributed by atoms with Crippen LogP contribution < -0.4 is 22.3 Å². The Kier molecular flexibility index (Phi) is 4.44. The summed E-state index contributed by atoms with van der Waals surface area (Å²) in [6, 6.07) is 6.69. The number of benzene rings is 1. The van der Waals surface area contributed by atoms with Crippen LogP contribution in [0.3, 0.4) is 0 Å². The number of nitrogens with zero attached hydrogens (tertiary/aromatic N) is 1. The van der Waals surface area contributed by atoms with Crippen molar-refractivity contribution in [1.29, 1.82) is 0 Å². The van der Waals surface area contributed by atoms with Gasteiger partial charge in [-0.15, -0.1) is 0 Å². The first-order valence-corrected chi connectivity index (χ1v) is 6.48. The van der Waals surface area contributed by atoms with E-state index in [1.165, 1.54) is 10.8 Å². The maximum absolute atomic E-state index is 11.8. The highest BCUT2D eigenvalue weighted by Crippen LogP contribution is 2.10. The Morgan fingerprint density at radius 2 is 1.95 bits per heavy atom. The van der Waals surface area contributed by atoms with Gasteiger partial charge < -0.3 is 11.1 Å². The lowest BCUT2D eigenvalue weighted by atomic mass is 10.3. The lowest BCUT2D eigenvalue weighted by Crippen LogP contribution is -2.30. The molecule has 2 aromatic rings. The number of nitrogens with two attached hydrogens (primary N) is 1. The summed E-state index contributed by atoms with van der Waals surface area (Å²) in [6.07, 6.45) is 1.27. The minimum Gasteiger partial charge on any atom is -0.399 e. The number of anilines is 2. The van der Waals surface area contributed by atoms with E-state index in [1.54, 1.807) is 24.3 Å². The third kappa shape index (κ3) is 3.96. The summed E-state index contributed by atoms with van der Waals surface area (Å²) in [5.41, 5.74) is 5.50. The molecule has 0 atom stereocenters. The van der Waals surface area contributed by atoms with Gasteiger partial charge in [0.1, 0.15) is 5.02 Å². The molecule has 1 aromatic heterocycles. The number of aromatic amines is 1. The Morgan fingerprint density at radius 3 is 2.62 bits per heavy atom. The van der Waals surface area contributed by atoms with Crippen LogP contribution in [0.2, 0.25) is 5.02 Å². The molecule has 110 valence electrons. The highest BCUT2D eigenvalue weighted by atomic mass is 35.5. The van der Waals surface area contributed by atoms with Gasteiger partial charge >= 0.3 is 5.69 Å². The van der Waals surface area contributed by atoms with Crippen molar-refractivity contribution < 1.29 is 4.79 Å². The molecule has 0 bridgehead atoms. The highest BCUT2D eigenvalue weighted by molar-refractivity contribution is 6.30. The number of halogens is 1. The van der Waals surface area contributed by atoms with Crippen LogP contribution in [0.5, 0.6) is 0 Å². The van der Waals surface area contributed by atoms with Crippen LogP contribution in [-0.4, -0.2) is 15.5 Å². The van der Waals surface area contributed by atoms with Gasteiger partial charge in [-0.3, -0.25) is 19.1 Å². The van der Waals surface area contributed by atoms with Crippen molar-refractivity contribution in [2.45, 2.75) is 13.0 Å². The minimum absolute atomic E-state index is 0.0622. The summed E-state index contributed by atoms with van der Waals surface area (Å²) >= 11 is 5.63. The molecule has 0 aliphatic heterocycles. The van der Waals surface area contributed by atoms with Crippen molar-refractivity contribution in [3.8, 4) is 0 Å². The molecule has 21 heavy (non-hydrogen) atoms. The average molecular weight is 309 g/mol. The van der Waals surface area contributed by atoms with E-state index in [0.717, 1.165) is 0 Å². The van der Waals surface area contributed by atoms with Gasteiger partial charge in [0, 0.05) is 30.5 Å². The van der Waals surface area contributed by atoms with Crippen LogP contribution in [0.1, 0.15) is 6.42 Å². The second kappa shape index (κ2) is 6.27. The number of rotatable bonds is 4. The van der Waals surface area contributed by atoms with Crippen LogP contribution in [-0.2, 0) is 11.3 Å². The van der Waals surface area contributed by atoms with E-state index in [-0.39, 0.29) is 23.9 Å². The van der Waals surface area contributed by atoms with Crippen molar-refractivity contribution in [2.24, 2.45) is 0 Å². The molecule has 1 amide bonds. The summed E-state index contributed by atoms with van der Waals surface area (Å²) < 4.78 is 1.17. The van der Waals surface area contributed by atoms with Crippen LogP contribution in [0.15, 0.2) is 40.1 Å². The monoisotopic (exact) mass is 308 g/mol. The first kappa shape index (κ1) is 14.9. The van der Waals surface area contributed by atoms with Gasteiger partial charge in [-0.05, 0) is 24.3 Å². The van der Waals surface area contributed by atoms with Gasteiger partial charge in [0.05, 0.1) is 0 Å². The Morgan fingerprint density at radius 1 is 1.29 bits per heavy atom. The number of nitrogen functional groups attached to an aromatic ring is 1. The number of nitrogens with one attached hydrogen (secondary N) is 2.